The van der Waals surface area contributed by atoms with Gasteiger partial charge in [-0.1, -0.05) is 77.1 Å². The predicted octanol–water partition coefficient (Wildman–Crippen LogP) is 5.93. The van der Waals surface area contributed by atoms with Crippen LogP contribution in [0.1, 0.15) is 52.2 Å². The Morgan fingerprint density at radius 3 is 2.07 bits per heavy atom. The maximum atomic E-state index is 5.84. The normalized spacial score (nSPS) is 12.4. The van der Waals surface area contributed by atoms with E-state index in [-0.39, 0.29) is 5.41 Å². The maximum Gasteiger partial charge on any atom is 0.119 e. The van der Waals surface area contributed by atoms with Gasteiger partial charge in [-0.05, 0) is 47.6 Å². The molecule has 2 rings (SSSR count). The van der Waals surface area contributed by atoms with Gasteiger partial charge in [0, 0.05) is 13.1 Å². The molecule has 0 atom stereocenters. The lowest BCUT2D eigenvalue weighted by atomic mass is 9.72. The molecule has 0 amide bonds. The van der Waals surface area contributed by atoms with Crippen molar-refractivity contribution in [2.45, 2.75) is 53.0 Å². The van der Waals surface area contributed by atoms with E-state index in [2.05, 4.69) is 95.1 Å². The molecule has 3 heteroatoms. The van der Waals surface area contributed by atoms with Crippen LogP contribution in [0.3, 0.4) is 0 Å². The standard InChI is InChI=1S/C26H39NO2/c1-25(2,3)21-26(4,5)23-12-14-24(15-13-23)29-19-18-28-17-16-27(6)20-22-10-8-7-9-11-22/h7-15H,16-21H2,1-6H3. The smallest absolute Gasteiger partial charge is 0.119 e. The van der Waals surface area contributed by atoms with Crippen LogP contribution in [0.2, 0.25) is 0 Å². The number of hydrogen-bond donors (Lipinski definition) is 0. The molecule has 0 spiro atoms. The Labute approximate surface area is 178 Å². The van der Waals surface area contributed by atoms with Gasteiger partial charge in [0.25, 0.3) is 0 Å². The van der Waals surface area contributed by atoms with Gasteiger partial charge >= 0.3 is 0 Å². The average molecular weight is 398 g/mol. The third-order valence-electron chi connectivity index (χ3n) is 5.02. The lowest BCUT2D eigenvalue weighted by Gasteiger charge is -2.33. The first-order chi connectivity index (χ1) is 13.7. The summed E-state index contributed by atoms with van der Waals surface area (Å²) in [6.07, 6.45) is 1.15. The van der Waals surface area contributed by atoms with Crippen molar-refractivity contribution in [3.63, 3.8) is 0 Å². The van der Waals surface area contributed by atoms with E-state index in [0.717, 1.165) is 25.3 Å². The SMILES string of the molecule is CN(CCOCCOc1ccc(C(C)(C)CC(C)(C)C)cc1)Cc1ccccc1. The van der Waals surface area contributed by atoms with E-state index in [1.807, 2.05) is 6.07 Å². The number of benzene rings is 2. The van der Waals surface area contributed by atoms with Gasteiger partial charge in [-0.3, -0.25) is 4.90 Å². The fourth-order valence-electron chi connectivity index (χ4n) is 3.95. The zero-order chi connectivity index (χ0) is 21.3. The zero-order valence-electron chi connectivity index (χ0n) is 19.2. The third-order valence-corrected chi connectivity index (χ3v) is 5.02. The number of rotatable bonds is 11. The summed E-state index contributed by atoms with van der Waals surface area (Å²) in [6, 6.07) is 19.1. The Morgan fingerprint density at radius 1 is 0.793 bits per heavy atom. The van der Waals surface area contributed by atoms with Crippen molar-refractivity contribution in [1.82, 2.24) is 4.90 Å². The molecule has 0 N–H and O–H groups in total. The van der Waals surface area contributed by atoms with Crippen LogP contribution >= 0.6 is 0 Å². The fourth-order valence-corrected chi connectivity index (χ4v) is 3.95. The highest BCUT2D eigenvalue weighted by molar-refractivity contribution is 5.31. The number of hydrogen-bond acceptors (Lipinski definition) is 3. The molecular formula is C26H39NO2. The first kappa shape index (κ1) is 23.4. The second kappa shape index (κ2) is 10.8. The highest BCUT2D eigenvalue weighted by Crippen LogP contribution is 2.36. The third kappa shape index (κ3) is 9.01. The van der Waals surface area contributed by atoms with Gasteiger partial charge in [-0.15, -0.1) is 0 Å². The van der Waals surface area contributed by atoms with Crippen molar-refractivity contribution in [3.8, 4) is 5.75 Å². The minimum absolute atomic E-state index is 0.158. The van der Waals surface area contributed by atoms with E-state index in [4.69, 9.17) is 9.47 Å². The average Bonchev–Trinajstić information content (AvgIpc) is 2.64. The molecule has 0 aliphatic carbocycles. The van der Waals surface area contributed by atoms with Crippen molar-refractivity contribution >= 4 is 0 Å². The van der Waals surface area contributed by atoms with Crippen molar-refractivity contribution in [2.75, 3.05) is 33.4 Å². The highest BCUT2D eigenvalue weighted by Gasteiger charge is 2.27. The van der Waals surface area contributed by atoms with Crippen LogP contribution in [0, 0.1) is 5.41 Å². The van der Waals surface area contributed by atoms with Gasteiger partial charge < -0.3 is 9.47 Å². The van der Waals surface area contributed by atoms with Crippen molar-refractivity contribution in [2.24, 2.45) is 5.41 Å². The monoisotopic (exact) mass is 397 g/mol. The summed E-state index contributed by atoms with van der Waals surface area (Å²) in [5.41, 5.74) is 3.15. The van der Waals surface area contributed by atoms with Crippen molar-refractivity contribution in [1.29, 1.82) is 0 Å². The van der Waals surface area contributed by atoms with Crippen LogP contribution in [0.15, 0.2) is 54.6 Å². The van der Waals surface area contributed by atoms with Crippen molar-refractivity contribution in [3.05, 3.63) is 65.7 Å². The van der Waals surface area contributed by atoms with Gasteiger partial charge in [0.2, 0.25) is 0 Å². The summed E-state index contributed by atoms with van der Waals surface area (Å²) in [4.78, 5) is 2.27. The largest absolute Gasteiger partial charge is 0.491 e. The second-order valence-electron chi connectivity index (χ2n) is 9.83. The predicted molar refractivity (Wildman–Crippen MR) is 123 cm³/mol. The maximum absolute atomic E-state index is 5.84. The van der Waals surface area contributed by atoms with E-state index < -0.39 is 0 Å². The molecule has 0 aliphatic heterocycles. The molecule has 2 aromatic rings. The van der Waals surface area contributed by atoms with E-state index >= 15 is 0 Å². The molecule has 0 aromatic heterocycles. The summed E-state index contributed by atoms with van der Waals surface area (Å²) < 4.78 is 11.6. The molecule has 0 bridgehead atoms. The molecule has 0 fully saturated rings. The molecule has 29 heavy (non-hydrogen) atoms. The summed E-state index contributed by atoms with van der Waals surface area (Å²) in [6.45, 7) is 15.3. The lowest BCUT2D eigenvalue weighted by molar-refractivity contribution is 0.0836. The fraction of sp³-hybridized carbons (Fsp3) is 0.538. The Balaban J connectivity index is 1.64. The molecule has 0 aliphatic rings. The Bertz CT molecular complexity index is 702. The summed E-state index contributed by atoms with van der Waals surface area (Å²) in [5, 5.41) is 0. The van der Waals surface area contributed by atoms with Crippen LogP contribution in [-0.4, -0.2) is 38.3 Å². The summed E-state index contributed by atoms with van der Waals surface area (Å²) in [7, 11) is 2.12. The second-order valence-corrected chi connectivity index (χ2v) is 9.83. The van der Waals surface area contributed by atoms with E-state index in [9.17, 15) is 0 Å². The molecule has 0 heterocycles. The number of likely N-dealkylation sites (N-methyl/N-ethyl adjacent to an activating group) is 1. The van der Waals surface area contributed by atoms with E-state index in [1.54, 1.807) is 0 Å². The molecule has 2 aromatic carbocycles. The van der Waals surface area contributed by atoms with Crippen LogP contribution in [-0.2, 0) is 16.7 Å². The Kier molecular flexibility index (Phi) is 8.73. The summed E-state index contributed by atoms with van der Waals surface area (Å²) in [5.74, 6) is 0.908. The zero-order valence-corrected chi connectivity index (χ0v) is 19.2. The van der Waals surface area contributed by atoms with Gasteiger partial charge in [-0.25, -0.2) is 0 Å². The van der Waals surface area contributed by atoms with Gasteiger partial charge in [0.1, 0.15) is 12.4 Å². The molecule has 3 nitrogen and oxygen atoms in total. The van der Waals surface area contributed by atoms with Crippen LogP contribution in [0.4, 0.5) is 0 Å². The summed E-state index contributed by atoms with van der Waals surface area (Å²) >= 11 is 0. The van der Waals surface area contributed by atoms with Crippen LogP contribution in [0.5, 0.6) is 5.75 Å². The molecule has 0 saturated heterocycles. The lowest BCUT2D eigenvalue weighted by Crippen LogP contribution is -2.24. The number of ether oxygens (including phenoxy) is 2. The first-order valence-electron chi connectivity index (χ1n) is 10.7. The van der Waals surface area contributed by atoms with Crippen LogP contribution in [0.25, 0.3) is 0 Å². The molecule has 160 valence electrons. The van der Waals surface area contributed by atoms with Gasteiger partial charge in [0.05, 0.1) is 13.2 Å². The molecule has 0 saturated carbocycles. The van der Waals surface area contributed by atoms with E-state index in [0.29, 0.717) is 25.2 Å². The minimum Gasteiger partial charge on any atom is -0.491 e. The highest BCUT2D eigenvalue weighted by atomic mass is 16.5. The van der Waals surface area contributed by atoms with Crippen LogP contribution < -0.4 is 4.74 Å². The first-order valence-corrected chi connectivity index (χ1v) is 10.7. The van der Waals surface area contributed by atoms with Crippen molar-refractivity contribution < 1.29 is 9.47 Å². The molecule has 0 radical (unpaired) electrons. The Morgan fingerprint density at radius 2 is 1.45 bits per heavy atom. The molecule has 0 unspecified atom stereocenters. The molecular weight excluding hydrogens is 358 g/mol. The van der Waals surface area contributed by atoms with E-state index in [1.165, 1.54) is 11.1 Å². The minimum atomic E-state index is 0.158. The van der Waals surface area contributed by atoms with Gasteiger partial charge in [-0.2, -0.15) is 0 Å². The number of nitrogens with zero attached hydrogens (tertiary/aromatic N) is 1. The topological polar surface area (TPSA) is 21.7 Å². The quantitative estimate of drug-likeness (QED) is 0.439. The Hall–Kier alpha value is -1.84. The van der Waals surface area contributed by atoms with Gasteiger partial charge in [0.15, 0.2) is 0 Å².